The minimum absolute atomic E-state index is 0.0597. The number of nitrogens with two attached hydrogens (primary N) is 1. The second-order valence-electron chi connectivity index (χ2n) is 4.74. The topological polar surface area (TPSA) is 46.2 Å². The van der Waals surface area contributed by atoms with Gasteiger partial charge in [-0.1, -0.05) is 31.5 Å². The zero-order chi connectivity index (χ0) is 13.0. The molecular formula is C13H19ClFNO. The fourth-order valence-corrected chi connectivity index (χ4v) is 2.05. The molecule has 3 N–H and O–H groups in total. The van der Waals surface area contributed by atoms with E-state index >= 15 is 0 Å². The van der Waals surface area contributed by atoms with Crippen LogP contribution in [0.1, 0.15) is 31.9 Å². The van der Waals surface area contributed by atoms with Gasteiger partial charge >= 0.3 is 0 Å². The van der Waals surface area contributed by atoms with Crippen LogP contribution in [0.3, 0.4) is 0 Å². The quantitative estimate of drug-likeness (QED) is 0.853. The maximum absolute atomic E-state index is 13.3. The van der Waals surface area contributed by atoms with Crippen LogP contribution in [-0.4, -0.2) is 11.7 Å². The van der Waals surface area contributed by atoms with Crippen LogP contribution in [0.15, 0.2) is 18.2 Å². The zero-order valence-electron chi connectivity index (χ0n) is 10.2. The lowest BCUT2D eigenvalue weighted by molar-refractivity contribution is 0.0992. The highest BCUT2D eigenvalue weighted by Gasteiger charge is 2.21. The van der Waals surface area contributed by atoms with Crippen LogP contribution >= 0.6 is 11.6 Å². The Hall–Kier alpha value is -0.640. The molecule has 0 fully saturated rings. The van der Waals surface area contributed by atoms with Crippen LogP contribution in [0.2, 0.25) is 5.02 Å². The molecule has 0 saturated heterocycles. The molecule has 0 amide bonds. The molecule has 0 heterocycles. The van der Waals surface area contributed by atoms with E-state index in [1.165, 1.54) is 12.1 Å². The van der Waals surface area contributed by atoms with E-state index < -0.39 is 11.9 Å². The summed E-state index contributed by atoms with van der Waals surface area (Å²) in [6.45, 7) is 4.51. The van der Waals surface area contributed by atoms with Crippen molar-refractivity contribution in [3.05, 3.63) is 34.6 Å². The van der Waals surface area contributed by atoms with E-state index in [0.717, 1.165) is 6.42 Å². The summed E-state index contributed by atoms with van der Waals surface area (Å²) in [5, 5.41) is 10.2. The molecule has 0 bridgehead atoms. The normalized spacial score (nSPS) is 15.0. The molecule has 4 heteroatoms. The van der Waals surface area contributed by atoms with Crippen LogP contribution in [0.25, 0.3) is 0 Å². The molecule has 2 nitrogen and oxygen atoms in total. The molecule has 0 aliphatic heterocycles. The predicted molar refractivity (Wildman–Crippen MR) is 68.4 cm³/mol. The zero-order valence-corrected chi connectivity index (χ0v) is 10.9. The lowest BCUT2D eigenvalue weighted by Gasteiger charge is -2.23. The summed E-state index contributed by atoms with van der Waals surface area (Å²) in [5.74, 6) is -0.130. The third kappa shape index (κ3) is 3.95. The van der Waals surface area contributed by atoms with Crippen LogP contribution < -0.4 is 5.73 Å². The van der Waals surface area contributed by atoms with E-state index in [4.69, 9.17) is 17.3 Å². The van der Waals surface area contributed by atoms with Gasteiger partial charge in [-0.2, -0.15) is 0 Å². The van der Waals surface area contributed by atoms with E-state index in [1.54, 1.807) is 6.07 Å². The first-order valence-corrected chi connectivity index (χ1v) is 6.16. The van der Waals surface area contributed by atoms with E-state index in [0.29, 0.717) is 18.0 Å². The molecule has 0 radical (unpaired) electrons. The smallest absolute Gasteiger partial charge is 0.142 e. The Bertz CT molecular complexity index is 370. The van der Waals surface area contributed by atoms with Crippen molar-refractivity contribution >= 4 is 11.6 Å². The van der Waals surface area contributed by atoms with E-state index in [9.17, 15) is 9.50 Å². The SMILES string of the molecule is CC(C)CC(CN)C(O)c1ccc(Cl)c(F)c1. The van der Waals surface area contributed by atoms with Crippen LogP contribution in [0.5, 0.6) is 0 Å². The molecule has 2 unspecified atom stereocenters. The molecule has 96 valence electrons. The molecule has 0 aliphatic carbocycles. The van der Waals surface area contributed by atoms with E-state index in [1.807, 2.05) is 0 Å². The molecule has 0 aliphatic rings. The van der Waals surface area contributed by atoms with Gasteiger partial charge < -0.3 is 10.8 Å². The highest BCUT2D eigenvalue weighted by Crippen LogP contribution is 2.28. The maximum atomic E-state index is 13.3. The lowest BCUT2D eigenvalue weighted by Crippen LogP contribution is -2.23. The van der Waals surface area contributed by atoms with Gasteiger partial charge in [-0.3, -0.25) is 0 Å². The fraction of sp³-hybridized carbons (Fsp3) is 0.538. The first-order valence-electron chi connectivity index (χ1n) is 5.78. The van der Waals surface area contributed by atoms with Crippen molar-refractivity contribution in [3.63, 3.8) is 0 Å². The van der Waals surface area contributed by atoms with Crippen LogP contribution in [0.4, 0.5) is 4.39 Å². The summed E-state index contributed by atoms with van der Waals surface area (Å²) in [6, 6.07) is 4.37. The molecule has 1 aromatic carbocycles. The molecule has 0 spiro atoms. The third-order valence-corrected chi connectivity index (χ3v) is 3.12. The highest BCUT2D eigenvalue weighted by atomic mass is 35.5. The molecule has 0 aromatic heterocycles. The van der Waals surface area contributed by atoms with Crippen LogP contribution in [-0.2, 0) is 0 Å². The van der Waals surface area contributed by atoms with Gasteiger partial charge in [-0.15, -0.1) is 0 Å². The summed E-state index contributed by atoms with van der Waals surface area (Å²) < 4.78 is 13.3. The Morgan fingerprint density at radius 2 is 2.06 bits per heavy atom. The van der Waals surface area contributed by atoms with Gasteiger partial charge in [0, 0.05) is 5.92 Å². The van der Waals surface area contributed by atoms with Gasteiger partial charge in [-0.25, -0.2) is 4.39 Å². The Morgan fingerprint density at radius 1 is 1.41 bits per heavy atom. The van der Waals surface area contributed by atoms with Gasteiger partial charge in [-0.05, 0) is 36.6 Å². The number of benzene rings is 1. The molecular weight excluding hydrogens is 241 g/mol. The Kier molecular flexibility index (Phi) is 5.37. The van der Waals surface area contributed by atoms with E-state index in [2.05, 4.69) is 13.8 Å². The standard InChI is InChI=1S/C13H19ClFNO/c1-8(2)5-10(7-16)13(17)9-3-4-11(14)12(15)6-9/h3-4,6,8,10,13,17H,5,7,16H2,1-2H3. The summed E-state index contributed by atoms with van der Waals surface area (Å²) in [5.41, 5.74) is 6.18. The lowest BCUT2D eigenvalue weighted by atomic mass is 9.88. The van der Waals surface area contributed by atoms with Crippen molar-refractivity contribution in [1.29, 1.82) is 0 Å². The average Bonchev–Trinajstić information content (AvgIpc) is 2.28. The first kappa shape index (κ1) is 14.4. The number of rotatable bonds is 5. The van der Waals surface area contributed by atoms with Crippen molar-refractivity contribution in [2.45, 2.75) is 26.4 Å². The van der Waals surface area contributed by atoms with Crippen molar-refractivity contribution in [2.75, 3.05) is 6.54 Å². The number of hydrogen-bond acceptors (Lipinski definition) is 2. The largest absolute Gasteiger partial charge is 0.388 e. The van der Waals surface area contributed by atoms with Gasteiger partial charge in [0.15, 0.2) is 0 Å². The van der Waals surface area contributed by atoms with Crippen molar-refractivity contribution in [3.8, 4) is 0 Å². The molecule has 1 aromatic rings. The predicted octanol–water partition coefficient (Wildman–Crippen LogP) is 3.13. The second-order valence-corrected chi connectivity index (χ2v) is 5.15. The summed E-state index contributed by atoms with van der Waals surface area (Å²) in [7, 11) is 0. The monoisotopic (exact) mass is 259 g/mol. The minimum atomic E-state index is -0.742. The maximum Gasteiger partial charge on any atom is 0.142 e. The first-order chi connectivity index (χ1) is 7.95. The number of aliphatic hydroxyl groups excluding tert-OH is 1. The molecule has 0 saturated carbocycles. The fourth-order valence-electron chi connectivity index (χ4n) is 1.93. The van der Waals surface area contributed by atoms with Crippen LogP contribution in [0, 0.1) is 17.7 Å². The molecule has 2 atom stereocenters. The Labute approximate surface area is 107 Å². The summed E-state index contributed by atoms with van der Waals surface area (Å²) in [4.78, 5) is 0. The second kappa shape index (κ2) is 6.34. The van der Waals surface area contributed by atoms with Gasteiger partial charge in [0.05, 0.1) is 11.1 Å². The Morgan fingerprint density at radius 3 is 2.53 bits per heavy atom. The highest BCUT2D eigenvalue weighted by molar-refractivity contribution is 6.30. The Balaban J connectivity index is 2.85. The van der Waals surface area contributed by atoms with Gasteiger partial charge in [0.25, 0.3) is 0 Å². The number of aliphatic hydroxyl groups is 1. The van der Waals surface area contributed by atoms with Crippen molar-refractivity contribution in [2.24, 2.45) is 17.6 Å². The summed E-state index contributed by atoms with van der Waals surface area (Å²) >= 11 is 5.60. The van der Waals surface area contributed by atoms with Crippen molar-refractivity contribution in [1.82, 2.24) is 0 Å². The minimum Gasteiger partial charge on any atom is -0.388 e. The third-order valence-electron chi connectivity index (χ3n) is 2.81. The molecule has 1 rings (SSSR count). The van der Waals surface area contributed by atoms with Gasteiger partial charge in [0.2, 0.25) is 0 Å². The van der Waals surface area contributed by atoms with Gasteiger partial charge in [0.1, 0.15) is 5.82 Å². The number of hydrogen-bond donors (Lipinski definition) is 2. The summed E-state index contributed by atoms with van der Waals surface area (Å²) in [6.07, 6.45) is 0.0659. The molecule has 17 heavy (non-hydrogen) atoms. The van der Waals surface area contributed by atoms with E-state index in [-0.39, 0.29) is 10.9 Å². The van der Waals surface area contributed by atoms with Crippen molar-refractivity contribution < 1.29 is 9.50 Å². The average molecular weight is 260 g/mol. The number of halogens is 2.